The molecular formula is C21H28N6O. The minimum absolute atomic E-state index is 0.377. The number of aromatic nitrogens is 3. The number of piperazine rings is 1. The van der Waals surface area contributed by atoms with Gasteiger partial charge in [0.1, 0.15) is 17.9 Å². The van der Waals surface area contributed by atoms with E-state index in [1.165, 1.54) is 5.69 Å². The molecular weight excluding hydrogens is 352 g/mol. The van der Waals surface area contributed by atoms with Gasteiger partial charge in [-0.05, 0) is 18.2 Å². The van der Waals surface area contributed by atoms with Gasteiger partial charge in [-0.15, -0.1) is 0 Å². The summed E-state index contributed by atoms with van der Waals surface area (Å²) in [6.07, 6.45) is 3.49. The molecule has 4 rings (SSSR count). The van der Waals surface area contributed by atoms with Gasteiger partial charge in [0.25, 0.3) is 0 Å². The Morgan fingerprint density at radius 3 is 2.54 bits per heavy atom. The Morgan fingerprint density at radius 2 is 1.86 bits per heavy atom. The van der Waals surface area contributed by atoms with Crippen molar-refractivity contribution in [2.24, 2.45) is 0 Å². The first-order valence-corrected chi connectivity index (χ1v) is 9.85. The molecule has 0 N–H and O–H groups in total. The van der Waals surface area contributed by atoms with Gasteiger partial charge >= 0.3 is 0 Å². The van der Waals surface area contributed by atoms with E-state index in [4.69, 9.17) is 4.42 Å². The van der Waals surface area contributed by atoms with Crippen molar-refractivity contribution in [3.05, 3.63) is 42.4 Å². The number of nitrogens with zero attached hydrogens (tertiary/aromatic N) is 6. The molecule has 1 aromatic carbocycles. The van der Waals surface area contributed by atoms with E-state index in [1.807, 2.05) is 25.2 Å². The monoisotopic (exact) mass is 380 g/mol. The Kier molecular flexibility index (Phi) is 5.17. The predicted octanol–water partition coefficient (Wildman–Crippen LogP) is 3.13. The number of oxazole rings is 1. The van der Waals surface area contributed by atoms with Crippen molar-refractivity contribution in [3.8, 4) is 0 Å². The maximum atomic E-state index is 5.86. The molecule has 0 radical (unpaired) electrons. The first-order chi connectivity index (χ1) is 13.5. The molecule has 7 heteroatoms. The van der Waals surface area contributed by atoms with Crippen molar-refractivity contribution in [1.82, 2.24) is 19.9 Å². The second kappa shape index (κ2) is 7.75. The van der Waals surface area contributed by atoms with Gasteiger partial charge in [0.05, 0.1) is 18.3 Å². The summed E-state index contributed by atoms with van der Waals surface area (Å²) in [5.74, 6) is 3.11. The molecule has 0 spiro atoms. The highest BCUT2D eigenvalue weighted by molar-refractivity contribution is 5.91. The highest BCUT2D eigenvalue weighted by Crippen LogP contribution is 2.27. The van der Waals surface area contributed by atoms with E-state index in [-0.39, 0.29) is 0 Å². The fourth-order valence-electron chi connectivity index (χ4n) is 3.60. The first-order valence-electron chi connectivity index (χ1n) is 9.85. The van der Waals surface area contributed by atoms with Gasteiger partial charge in [-0.1, -0.05) is 13.8 Å². The molecule has 3 aromatic rings. The zero-order chi connectivity index (χ0) is 19.7. The summed E-state index contributed by atoms with van der Waals surface area (Å²) in [7, 11) is 4.03. The zero-order valence-electron chi connectivity index (χ0n) is 17.1. The van der Waals surface area contributed by atoms with Crippen LogP contribution in [0.25, 0.3) is 10.9 Å². The van der Waals surface area contributed by atoms with Crippen molar-refractivity contribution >= 4 is 22.4 Å². The molecule has 0 unspecified atom stereocenters. The average molecular weight is 380 g/mol. The van der Waals surface area contributed by atoms with Crippen molar-refractivity contribution in [2.75, 3.05) is 50.1 Å². The van der Waals surface area contributed by atoms with Crippen molar-refractivity contribution in [1.29, 1.82) is 0 Å². The number of hydrogen-bond acceptors (Lipinski definition) is 7. The minimum Gasteiger partial charge on any atom is -0.444 e. The van der Waals surface area contributed by atoms with E-state index in [9.17, 15) is 0 Å². The standard InChI is InChI=1S/C21H28N6O/c1-15(2)19-12-22-20(28-19)13-26-7-9-27(10-8-26)16-5-6-18-17(11-16)21(25(3)4)24-14-23-18/h5-6,11-12,14-15H,7-10,13H2,1-4H3. The van der Waals surface area contributed by atoms with Gasteiger partial charge < -0.3 is 14.2 Å². The normalized spacial score (nSPS) is 15.5. The number of rotatable bonds is 5. The molecule has 7 nitrogen and oxygen atoms in total. The second-order valence-corrected chi connectivity index (χ2v) is 7.87. The summed E-state index contributed by atoms with van der Waals surface area (Å²) in [4.78, 5) is 20.1. The molecule has 28 heavy (non-hydrogen) atoms. The van der Waals surface area contributed by atoms with Gasteiger partial charge in [-0.25, -0.2) is 15.0 Å². The second-order valence-electron chi connectivity index (χ2n) is 7.87. The van der Waals surface area contributed by atoms with Crippen LogP contribution in [0.3, 0.4) is 0 Å². The third kappa shape index (κ3) is 3.80. The van der Waals surface area contributed by atoms with E-state index in [0.717, 1.165) is 61.1 Å². The van der Waals surface area contributed by atoms with E-state index < -0.39 is 0 Å². The van der Waals surface area contributed by atoms with E-state index in [1.54, 1.807) is 6.33 Å². The largest absolute Gasteiger partial charge is 0.444 e. The van der Waals surface area contributed by atoms with E-state index >= 15 is 0 Å². The van der Waals surface area contributed by atoms with Crippen LogP contribution in [0.4, 0.5) is 11.5 Å². The fourth-order valence-corrected chi connectivity index (χ4v) is 3.60. The van der Waals surface area contributed by atoms with Gasteiger partial charge in [-0.2, -0.15) is 0 Å². The van der Waals surface area contributed by atoms with Crippen LogP contribution in [0.15, 0.2) is 35.1 Å². The lowest BCUT2D eigenvalue weighted by Crippen LogP contribution is -2.46. The molecule has 1 aliphatic rings. The summed E-state index contributed by atoms with van der Waals surface area (Å²) in [5, 5.41) is 1.09. The van der Waals surface area contributed by atoms with Crippen LogP contribution in [0.2, 0.25) is 0 Å². The van der Waals surface area contributed by atoms with Crippen LogP contribution in [0.5, 0.6) is 0 Å². The number of fused-ring (bicyclic) bond motifs is 1. The smallest absolute Gasteiger partial charge is 0.208 e. The van der Waals surface area contributed by atoms with Crippen molar-refractivity contribution in [2.45, 2.75) is 26.3 Å². The van der Waals surface area contributed by atoms with Gasteiger partial charge in [0.2, 0.25) is 5.89 Å². The lowest BCUT2D eigenvalue weighted by atomic mass is 10.1. The Hall–Kier alpha value is -2.67. The molecule has 0 amide bonds. The SMILES string of the molecule is CC(C)c1cnc(CN2CCN(c3ccc4ncnc(N(C)C)c4c3)CC2)o1. The van der Waals surface area contributed by atoms with Gasteiger partial charge in [0, 0.05) is 57.3 Å². The first kappa shape index (κ1) is 18.7. The predicted molar refractivity (Wildman–Crippen MR) is 112 cm³/mol. The minimum atomic E-state index is 0.377. The molecule has 3 heterocycles. The Balaban J connectivity index is 1.44. The third-order valence-corrected chi connectivity index (χ3v) is 5.26. The average Bonchev–Trinajstić information content (AvgIpc) is 3.16. The lowest BCUT2D eigenvalue weighted by Gasteiger charge is -2.35. The van der Waals surface area contributed by atoms with Crippen LogP contribution in [0.1, 0.15) is 31.4 Å². The van der Waals surface area contributed by atoms with E-state index in [2.05, 4.69) is 56.8 Å². The highest BCUT2D eigenvalue weighted by atomic mass is 16.4. The summed E-state index contributed by atoms with van der Waals surface area (Å²) >= 11 is 0. The summed E-state index contributed by atoms with van der Waals surface area (Å²) < 4.78 is 5.86. The number of anilines is 2. The van der Waals surface area contributed by atoms with Crippen LogP contribution >= 0.6 is 0 Å². The summed E-state index contributed by atoms with van der Waals surface area (Å²) in [5.41, 5.74) is 2.20. The summed E-state index contributed by atoms with van der Waals surface area (Å²) in [6.45, 7) is 8.96. The van der Waals surface area contributed by atoms with Gasteiger partial charge in [0.15, 0.2) is 0 Å². The molecule has 0 saturated carbocycles. The quantitative estimate of drug-likeness (QED) is 0.674. The van der Waals surface area contributed by atoms with Crippen molar-refractivity contribution < 1.29 is 4.42 Å². The third-order valence-electron chi connectivity index (χ3n) is 5.26. The molecule has 1 aliphatic heterocycles. The number of hydrogen-bond donors (Lipinski definition) is 0. The van der Waals surface area contributed by atoms with Crippen LogP contribution in [0, 0.1) is 0 Å². The van der Waals surface area contributed by atoms with Crippen molar-refractivity contribution in [3.63, 3.8) is 0 Å². The summed E-state index contributed by atoms with van der Waals surface area (Å²) in [6, 6.07) is 6.46. The maximum absolute atomic E-state index is 5.86. The molecule has 1 saturated heterocycles. The number of benzene rings is 1. The molecule has 0 aliphatic carbocycles. The molecule has 1 fully saturated rings. The molecule has 0 bridgehead atoms. The lowest BCUT2D eigenvalue weighted by molar-refractivity contribution is 0.223. The van der Waals surface area contributed by atoms with E-state index in [0.29, 0.717) is 5.92 Å². The Bertz CT molecular complexity index is 943. The Morgan fingerprint density at radius 1 is 1.07 bits per heavy atom. The van der Waals surface area contributed by atoms with Crippen LogP contribution in [-0.4, -0.2) is 60.1 Å². The van der Waals surface area contributed by atoms with Gasteiger partial charge in [-0.3, -0.25) is 4.90 Å². The van der Waals surface area contributed by atoms with Crippen LogP contribution < -0.4 is 9.80 Å². The molecule has 2 aromatic heterocycles. The topological polar surface area (TPSA) is 61.5 Å². The zero-order valence-corrected chi connectivity index (χ0v) is 17.1. The molecule has 148 valence electrons. The van der Waals surface area contributed by atoms with Crippen LogP contribution in [-0.2, 0) is 6.54 Å². The highest BCUT2D eigenvalue weighted by Gasteiger charge is 2.20. The molecule has 0 atom stereocenters. The fraction of sp³-hybridized carbons (Fsp3) is 0.476. The maximum Gasteiger partial charge on any atom is 0.208 e. The Labute approximate surface area is 166 Å².